The molecule has 0 aliphatic heterocycles. The second kappa shape index (κ2) is 8.82. The molecule has 6 heteroatoms. The van der Waals surface area contributed by atoms with Gasteiger partial charge in [-0.1, -0.05) is 12.1 Å². The van der Waals surface area contributed by atoms with Crippen molar-refractivity contribution in [3.8, 4) is 11.5 Å². The summed E-state index contributed by atoms with van der Waals surface area (Å²) in [4.78, 5) is 23.5. The number of benzene rings is 2. The van der Waals surface area contributed by atoms with Crippen molar-refractivity contribution in [1.29, 1.82) is 0 Å². The van der Waals surface area contributed by atoms with Gasteiger partial charge in [-0.3, -0.25) is 9.59 Å². The van der Waals surface area contributed by atoms with Gasteiger partial charge in [0.1, 0.15) is 17.3 Å². The SMILES string of the molecule is COc1ccc(C(C)=O)c(OCC(=O)NCCc2ccc(F)cc2)c1. The summed E-state index contributed by atoms with van der Waals surface area (Å²) in [6.45, 7) is 1.62. The quantitative estimate of drug-likeness (QED) is 0.747. The molecule has 2 aromatic carbocycles. The van der Waals surface area contributed by atoms with Gasteiger partial charge < -0.3 is 14.8 Å². The largest absolute Gasteiger partial charge is 0.497 e. The monoisotopic (exact) mass is 345 g/mol. The Hall–Kier alpha value is -2.89. The van der Waals surface area contributed by atoms with E-state index in [0.717, 1.165) is 5.56 Å². The average Bonchev–Trinajstić information content (AvgIpc) is 2.61. The van der Waals surface area contributed by atoms with Crippen LogP contribution in [0, 0.1) is 5.82 Å². The van der Waals surface area contributed by atoms with E-state index in [-0.39, 0.29) is 24.1 Å². The smallest absolute Gasteiger partial charge is 0.257 e. The molecule has 2 rings (SSSR count). The third kappa shape index (κ3) is 5.60. The molecule has 1 N–H and O–H groups in total. The van der Waals surface area contributed by atoms with Gasteiger partial charge in [0.25, 0.3) is 5.91 Å². The van der Waals surface area contributed by atoms with Crippen molar-refractivity contribution in [3.63, 3.8) is 0 Å². The van der Waals surface area contributed by atoms with Crippen molar-refractivity contribution in [1.82, 2.24) is 5.32 Å². The Morgan fingerprint density at radius 1 is 1.12 bits per heavy atom. The number of carbonyl (C=O) groups excluding carboxylic acids is 2. The summed E-state index contributed by atoms with van der Waals surface area (Å²) in [7, 11) is 1.51. The van der Waals surface area contributed by atoms with Crippen LogP contribution in [-0.4, -0.2) is 32.0 Å². The second-order valence-corrected chi connectivity index (χ2v) is 5.43. The van der Waals surface area contributed by atoms with Crippen LogP contribution in [0.1, 0.15) is 22.8 Å². The van der Waals surface area contributed by atoms with Crippen molar-refractivity contribution in [2.24, 2.45) is 0 Å². The van der Waals surface area contributed by atoms with Gasteiger partial charge in [-0.25, -0.2) is 4.39 Å². The van der Waals surface area contributed by atoms with Gasteiger partial charge in [0.2, 0.25) is 0 Å². The number of methoxy groups -OCH3 is 1. The minimum atomic E-state index is -0.306. The van der Waals surface area contributed by atoms with Crippen molar-refractivity contribution < 1.29 is 23.5 Å². The lowest BCUT2D eigenvalue weighted by Crippen LogP contribution is -2.30. The van der Waals surface area contributed by atoms with E-state index < -0.39 is 0 Å². The fourth-order valence-corrected chi connectivity index (χ4v) is 2.23. The highest BCUT2D eigenvalue weighted by atomic mass is 19.1. The lowest BCUT2D eigenvalue weighted by atomic mass is 10.1. The van der Waals surface area contributed by atoms with E-state index in [1.54, 1.807) is 30.3 Å². The van der Waals surface area contributed by atoms with Gasteiger partial charge in [-0.15, -0.1) is 0 Å². The maximum absolute atomic E-state index is 12.8. The van der Waals surface area contributed by atoms with Crippen LogP contribution in [0.5, 0.6) is 11.5 Å². The lowest BCUT2D eigenvalue weighted by Gasteiger charge is -2.11. The molecule has 0 heterocycles. The van der Waals surface area contributed by atoms with Gasteiger partial charge >= 0.3 is 0 Å². The molecule has 0 spiro atoms. The fraction of sp³-hybridized carbons (Fsp3) is 0.263. The summed E-state index contributed by atoms with van der Waals surface area (Å²) >= 11 is 0. The number of amides is 1. The first-order chi connectivity index (χ1) is 12.0. The zero-order valence-electron chi connectivity index (χ0n) is 14.2. The van der Waals surface area contributed by atoms with Gasteiger partial charge in [-0.2, -0.15) is 0 Å². The highest BCUT2D eigenvalue weighted by molar-refractivity contribution is 5.97. The standard InChI is InChI=1S/C19H20FNO4/c1-13(22)17-8-7-16(24-2)11-18(17)25-12-19(23)21-10-9-14-3-5-15(20)6-4-14/h3-8,11H,9-10,12H2,1-2H3,(H,21,23). The molecule has 1 amide bonds. The van der Waals surface area contributed by atoms with Crippen LogP contribution in [0.25, 0.3) is 0 Å². The van der Waals surface area contributed by atoms with Crippen LogP contribution in [0.2, 0.25) is 0 Å². The van der Waals surface area contributed by atoms with Crippen molar-refractivity contribution >= 4 is 11.7 Å². The summed E-state index contributed by atoms with van der Waals surface area (Å²) in [6, 6.07) is 10.9. The van der Waals surface area contributed by atoms with Crippen LogP contribution >= 0.6 is 0 Å². The number of ketones is 1. The Morgan fingerprint density at radius 3 is 2.48 bits per heavy atom. The zero-order chi connectivity index (χ0) is 18.2. The molecule has 0 bridgehead atoms. The molecule has 2 aromatic rings. The molecule has 0 aromatic heterocycles. The van der Waals surface area contributed by atoms with Crippen LogP contribution in [-0.2, 0) is 11.2 Å². The number of nitrogens with one attached hydrogen (secondary N) is 1. The molecular formula is C19H20FNO4. The molecule has 0 fully saturated rings. The van der Waals surface area contributed by atoms with Crippen molar-refractivity contribution in [2.45, 2.75) is 13.3 Å². The molecule has 0 aliphatic rings. The fourth-order valence-electron chi connectivity index (χ4n) is 2.23. The Morgan fingerprint density at radius 2 is 1.84 bits per heavy atom. The minimum absolute atomic E-state index is 0.158. The lowest BCUT2D eigenvalue weighted by molar-refractivity contribution is -0.123. The van der Waals surface area contributed by atoms with Crippen LogP contribution in [0.15, 0.2) is 42.5 Å². The van der Waals surface area contributed by atoms with Crippen LogP contribution < -0.4 is 14.8 Å². The molecule has 0 atom stereocenters. The maximum atomic E-state index is 12.8. The Labute approximate surface area is 145 Å². The number of carbonyl (C=O) groups is 2. The van der Waals surface area contributed by atoms with Gasteiger partial charge in [0.15, 0.2) is 12.4 Å². The molecule has 5 nitrogen and oxygen atoms in total. The van der Waals surface area contributed by atoms with Crippen molar-refractivity contribution in [3.05, 3.63) is 59.4 Å². The zero-order valence-corrected chi connectivity index (χ0v) is 14.2. The summed E-state index contributed by atoms with van der Waals surface area (Å²) < 4.78 is 23.4. The molecule has 0 aliphatic carbocycles. The van der Waals surface area contributed by atoms with Gasteiger partial charge in [0, 0.05) is 12.6 Å². The van der Waals surface area contributed by atoms with E-state index in [9.17, 15) is 14.0 Å². The maximum Gasteiger partial charge on any atom is 0.257 e. The first-order valence-electron chi connectivity index (χ1n) is 7.82. The molecule has 132 valence electrons. The van der Waals surface area contributed by atoms with E-state index in [2.05, 4.69) is 5.32 Å². The average molecular weight is 345 g/mol. The topological polar surface area (TPSA) is 64.6 Å². The second-order valence-electron chi connectivity index (χ2n) is 5.43. The summed E-state index contributed by atoms with van der Waals surface area (Å²) in [5, 5.41) is 2.72. The number of Topliss-reactive ketones (excluding diaryl/α,β-unsaturated/α-hetero) is 1. The summed E-state index contributed by atoms with van der Waals surface area (Å²) in [6.07, 6.45) is 0.587. The highest BCUT2D eigenvalue weighted by Gasteiger charge is 2.12. The number of rotatable bonds is 8. The third-order valence-electron chi connectivity index (χ3n) is 3.58. The summed E-state index contributed by atoms with van der Waals surface area (Å²) in [5.74, 6) is 0.0896. The molecule has 0 saturated carbocycles. The predicted molar refractivity (Wildman–Crippen MR) is 91.6 cm³/mol. The predicted octanol–water partition coefficient (Wildman–Crippen LogP) is 2.77. The van der Waals surface area contributed by atoms with Crippen LogP contribution in [0.4, 0.5) is 4.39 Å². The van der Waals surface area contributed by atoms with E-state index in [1.807, 2.05) is 0 Å². The molecule has 25 heavy (non-hydrogen) atoms. The van der Waals surface area contributed by atoms with E-state index in [4.69, 9.17) is 9.47 Å². The summed E-state index contributed by atoms with van der Waals surface area (Å²) in [5.41, 5.74) is 1.31. The van der Waals surface area contributed by atoms with Gasteiger partial charge in [-0.05, 0) is 43.2 Å². The Bertz CT molecular complexity index is 744. The molecule has 0 saturated heterocycles. The number of halogens is 1. The molecule has 0 radical (unpaired) electrons. The van der Waals surface area contributed by atoms with E-state index in [0.29, 0.717) is 30.0 Å². The Balaban J connectivity index is 1.85. The van der Waals surface area contributed by atoms with Crippen LogP contribution in [0.3, 0.4) is 0 Å². The molecular weight excluding hydrogens is 325 g/mol. The Kier molecular flexibility index (Phi) is 6.51. The van der Waals surface area contributed by atoms with E-state index in [1.165, 1.54) is 26.2 Å². The van der Waals surface area contributed by atoms with Crippen molar-refractivity contribution in [2.75, 3.05) is 20.3 Å². The third-order valence-corrected chi connectivity index (χ3v) is 3.58. The first kappa shape index (κ1) is 18.4. The number of ether oxygens (including phenoxy) is 2. The number of hydrogen-bond donors (Lipinski definition) is 1. The normalized spacial score (nSPS) is 10.2. The van der Waals surface area contributed by atoms with E-state index >= 15 is 0 Å². The number of hydrogen-bond acceptors (Lipinski definition) is 4. The highest BCUT2D eigenvalue weighted by Crippen LogP contribution is 2.25. The molecule has 0 unspecified atom stereocenters. The van der Waals surface area contributed by atoms with Gasteiger partial charge in [0.05, 0.1) is 12.7 Å². The first-order valence-corrected chi connectivity index (χ1v) is 7.82. The minimum Gasteiger partial charge on any atom is -0.497 e.